The van der Waals surface area contributed by atoms with Crippen LogP contribution in [-0.2, 0) is 4.74 Å². The Bertz CT molecular complexity index is 843. The average molecular weight is 343 g/mol. The Balaban J connectivity index is 1.46. The molecule has 0 N–H and O–H groups in total. The number of fused-ring (bicyclic) bond motifs is 5. The number of nitrogens with zero attached hydrogens (tertiary/aromatic N) is 1. The lowest BCUT2D eigenvalue weighted by molar-refractivity contribution is 0.128. The van der Waals surface area contributed by atoms with Crippen molar-refractivity contribution in [3.8, 4) is 0 Å². The van der Waals surface area contributed by atoms with Crippen molar-refractivity contribution < 1.29 is 4.74 Å². The van der Waals surface area contributed by atoms with E-state index in [-0.39, 0.29) is 0 Å². The summed E-state index contributed by atoms with van der Waals surface area (Å²) in [5.74, 6) is 3.40. The van der Waals surface area contributed by atoms with Gasteiger partial charge in [-0.2, -0.15) is 0 Å². The van der Waals surface area contributed by atoms with Crippen molar-refractivity contribution in [1.82, 2.24) is 4.90 Å². The predicted octanol–water partition coefficient (Wildman–Crippen LogP) is 5.10. The van der Waals surface area contributed by atoms with E-state index in [0.717, 1.165) is 37.0 Å². The van der Waals surface area contributed by atoms with Gasteiger partial charge in [-0.3, -0.25) is 0 Å². The molecule has 26 heavy (non-hydrogen) atoms. The van der Waals surface area contributed by atoms with Gasteiger partial charge in [0.15, 0.2) is 0 Å². The summed E-state index contributed by atoms with van der Waals surface area (Å²) in [6, 6.07) is 22.4. The second-order valence-electron chi connectivity index (χ2n) is 8.45. The zero-order chi connectivity index (χ0) is 17.1. The molecule has 1 saturated heterocycles. The normalized spacial score (nSPS) is 34.9. The number of hydrogen-bond acceptors (Lipinski definition) is 2. The summed E-state index contributed by atoms with van der Waals surface area (Å²) in [4.78, 5) is 2.60. The molecule has 0 spiro atoms. The first kappa shape index (κ1) is 15.0. The summed E-state index contributed by atoms with van der Waals surface area (Å²) in [6.45, 7) is 1.55. The summed E-state index contributed by atoms with van der Waals surface area (Å²) < 4.78 is 5.99. The lowest BCUT2D eigenvalue weighted by atomic mass is 9.61. The van der Waals surface area contributed by atoms with E-state index in [1.807, 2.05) is 0 Å². The highest BCUT2D eigenvalue weighted by Gasteiger charge is 2.59. The van der Waals surface area contributed by atoms with E-state index >= 15 is 0 Å². The molecule has 0 aromatic heterocycles. The summed E-state index contributed by atoms with van der Waals surface area (Å²) >= 11 is 0. The van der Waals surface area contributed by atoms with Crippen molar-refractivity contribution in [3.05, 3.63) is 77.5 Å². The molecule has 6 rings (SSSR count). The molecule has 2 aromatic rings. The van der Waals surface area contributed by atoms with Crippen LogP contribution in [0.15, 0.2) is 66.4 Å². The molecule has 0 radical (unpaired) electrons. The summed E-state index contributed by atoms with van der Waals surface area (Å²) in [5, 5.41) is 0. The van der Waals surface area contributed by atoms with Gasteiger partial charge in [-0.05, 0) is 53.7 Å². The molecule has 2 aromatic carbocycles. The lowest BCUT2D eigenvalue weighted by Crippen LogP contribution is -2.43. The Morgan fingerprint density at radius 1 is 0.808 bits per heavy atom. The van der Waals surface area contributed by atoms with Crippen LogP contribution in [0.1, 0.15) is 36.4 Å². The van der Waals surface area contributed by atoms with Crippen LogP contribution in [0.4, 0.5) is 0 Å². The fourth-order valence-electron chi connectivity index (χ4n) is 6.29. The van der Waals surface area contributed by atoms with Gasteiger partial charge in [0.05, 0.1) is 12.6 Å². The highest BCUT2D eigenvalue weighted by atomic mass is 16.5. The monoisotopic (exact) mass is 343 g/mol. The minimum atomic E-state index is 0.366. The quantitative estimate of drug-likeness (QED) is 0.768. The zero-order valence-corrected chi connectivity index (χ0v) is 15.1. The summed E-state index contributed by atoms with van der Waals surface area (Å²) in [6.07, 6.45) is 4.32. The Hall–Kier alpha value is -2.06. The van der Waals surface area contributed by atoms with Gasteiger partial charge in [0.2, 0.25) is 0 Å². The molecule has 2 nitrogen and oxygen atoms in total. The van der Waals surface area contributed by atoms with Gasteiger partial charge in [0.1, 0.15) is 6.73 Å². The van der Waals surface area contributed by atoms with Crippen molar-refractivity contribution in [2.24, 2.45) is 23.7 Å². The zero-order valence-electron chi connectivity index (χ0n) is 15.1. The second-order valence-corrected chi connectivity index (χ2v) is 8.45. The smallest absolute Gasteiger partial charge is 0.119 e. The van der Waals surface area contributed by atoms with Crippen LogP contribution >= 0.6 is 0 Å². The van der Waals surface area contributed by atoms with Crippen LogP contribution in [0.2, 0.25) is 0 Å². The first-order valence-electron chi connectivity index (χ1n) is 10.1. The predicted molar refractivity (Wildman–Crippen MR) is 103 cm³/mol. The van der Waals surface area contributed by atoms with Crippen molar-refractivity contribution in [2.45, 2.75) is 25.3 Å². The Morgan fingerprint density at radius 2 is 1.50 bits per heavy atom. The fraction of sp³-hybridized carbons (Fsp3) is 0.417. The Kier molecular flexibility index (Phi) is 3.31. The van der Waals surface area contributed by atoms with Crippen molar-refractivity contribution >= 4 is 5.57 Å². The third-order valence-electron chi connectivity index (χ3n) is 7.30. The fourth-order valence-corrected chi connectivity index (χ4v) is 6.29. The largest absolute Gasteiger partial charge is 0.359 e. The van der Waals surface area contributed by atoms with E-state index in [9.17, 15) is 0 Å². The molecule has 4 aliphatic rings. The first-order chi connectivity index (χ1) is 12.9. The van der Waals surface area contributed by atoms with E-state index in [1.54, 1.807) is 11.3 Å². The van der Waals surface area contributed by atoms with Gasteiger partial charge in [-0.1, -0.05) is 60.7 Å². The molecule has 2 heteroatoms. The average Bonchev–Trinajstić information content (AvgIpc) is 3.39. The maximum Gasteiger partial charge on any atom is 0.119 e. The van der Waals surface area contributed by atoms with Crippen LogP contribution in [0.25, 0.3) is 5.57 Å². The lowest BCUT2D eigenvalue weighted by Gasteiger charge is -2.49. The van der Waals surface area contributed by atoms with Gasteiger partial charge < -0.3 is 9.64 Å². The maximum absolute atomic E-state index is 5.99. The van der Waals surface area contributed by atoms with E-state index in [0.29, 0.717) is 6.04 Å². The first-order valence-corrected chi connectivity index (χ1v) is 10.1. The Morgan fingerprint density at radius 3 is 2.27 bits per heavy atom. The van der Waals surface area contributed by atoms with E-state index < -0.39 is 0 Å². The topological polar surface area (TPSA) is 12.5 Å². The minimum Gasteiger partial charge on any atom is -0.359 e. The van der Waals surface area contributed by atoms with Gasteiger partial charge in [-0.15, -0.1) is 0 Å². The van der Waals surface area contributed by atoms with E-state index in [4.69, 9.17) is 4.74 Å². The minimum absolute atomic E-state index is 0.366. The molecule has 0 amide bonds. The van der Waals surface area contributed by atoms with Gasteiger partial charge in [-0.25, -0.2) is 0 Å². The van der Waals surface area contributed by atoms with Crippen molar-refractivity contribution in [1.29, 1.82) is 0 Å². The van der Waals surface area contributed by atoms with Crippen LogP contribution < -0.4 is 0 Å². The molecule has 2 saturated carbocycles. The highest BCUT2D eigenvalue weighted by Crippen LogP contribution is 2.67. The molecule has 1 aliphatic heterocycles. The van der Waals surface area contributed by atoms with Gasteiger partial charge in [0.25, 0.3) is 0 Å². The van der Waals surface area contributed by atoms with E-state index in [1.165, 1.54) is 30.4 Å². The SMILES string of the molecule is c1ccc(C2=C(N3COC[C@@H]3c3ccccc3)C3C4CCC(C4)C23)cc1. The summed E-state index contributed by atoms with van der Waals surface area (Å²) in [7, 11) is 0. The van der Waals surface area contributed by atoms with Crippen LogP contribution in [0, 0.1) is 23.7 Å². The third-order valence-corrected chi connectivity index (χ3v) is 7.30. The third kappa shape index (κ3) is 2.02. The molecule has 132 valence electrons. The standard InChI is InChI=1S/C24H25NO/c1-3-7-16(8-4-1)20-14-26-15-25(20)24-22(17-9-5-2-6-10-17)21-18-11-12-19(13-18)23(21)24/h1-10,18-21,23H,11-15H2/t18?,19?,20-,21?,23?/m1/s1. The maximum atomic E-state index is 5.99. The molecule has 2 bridgehead atoms. The number of allylic oxidation sites excluding steroid dienone is 2. The van der Waals surface area contributed by atoms with Gasteiger partial charge in [0, 0.05) is 11.6 Å². The highest BCUT2D eigenvalue weighted by molar-refractivity contribution is 5.78. The molecule has 3 fully saturated rings. The molecular formula is C24H25NO. The van der Waals surface area contributed by atoms with E-state index in [2.05, 4.69) is 65.6 Å². The van der Waals surface area contributed by atoms with Crippen LogP contribution in [-0.4, -0.2) is 18.2 Å². The number of hydrogen-bond donors (Lipinski definition) is 0. The van der Waals surface area contributed by atoms with Crippen molar-refractivity contribution in [2.75, 3.05) is 13.3 Å². The molecule has 1 heterocycles. The number of ether oxygens (including phenoxy) is 1. The Labute approximate surface area is 155 Å². The molecular weight excluding hydrogens is 318 g/mol. The molecule has 5 atom stereocenters. The second kappa shape index (κ2) is 5.72. The van der Waals surface area contributed by atoms with Crippen LogP contribution in [0.3, 0.4) is 0 Å². The van der Waals surface area contributed by atoms with Crippen molar-refractivity contribution in [3.63, 3.8) is 0 Å². The molecule has 4 unspecified atom stereocenters. The van der Waals surface area contributed by atoms with Crippen LogP contribution in [0.5, 0.6) is 0 Å². The summed E-state index contributed by atoms with van der Waals surface area (Å²) in [5.41, 5.74) is 6.07. The number of rotatable bonds is 3. The molecule has 3 aliphatic carbocycles. The van der Waals surface area contributed by atoms with Gasteiger partial charge >= 0.3 is 0 Å². The number of benzene rings is 2.